The molecule has 0 radical (unpaired) electrons. The molecule has 1 aliphatic carbocycles. The topological polar surface area (TPSA) is 39.1 Å². The Balaban J connectivity index is 1.68. The van der Waals surface area contributed by atoms with E-state index in [1.165, 1.54) is 31.4 Å². The van der Waals surface area contributed by atoms with Gasteiger partial charge < -0.3 is 10.1 Å². The van der Waals surface area contributed by atoms with E-state index < -0.39 is 0 Å². The molecule has 0 spiro atoms. The Morgan fingerprint density at radius 1 is 1.47 bits per heavy atom. The predicted octanol–water partition coefficient (Wildman–Crippen LogP) is 2.17. The maximum Gasteiger partial charge on any atom is 0.0631 e. The van der Waals surface area contributed by atoms with Crippen molar-refractivity contribution in [2.24, 2.45) is 5.41 Å². The second-order valence-corrected chi connectivity index (χ2v) is 6.24. The van der Waals surface area contributed by atoms with Crippen molar-refractivity contribution < 1.29 is 4.74 Å². The molecule has 1 atom stereocenters. The van der Waals surface area contributed by atoms with E-state index in [1.807, 2.05) is 7.05 Å². The largest absolute Gasteiger partial charge is 0.381 e. The van der Waals surface area contributed by atoms with Gasteiger partial charge in [-0.25, -0.2) is 0 Å². The minimum atomic E-state index is 0.254. The summed E-state index contributed by atoms with van der Waals surface area (Å²) in [5.41, 5.74) is 1.48. The van der Waals surface area contributed by atoms with Gasteiger partial charge in [0, 0.05) is 31.2 Å². The third kappa shape index (κ3) is 2.84. The molecule has 2 fully saturated rings. The highest BCUT2D eigenvalue weighted by molar-refractivity contribution is 5.06. The van der Waals surface area contributed by atoms with E-state index in [-0.39, 0.29) is 5.41 Å². The molecule has 1 aromatic rings. The summed E-state index contributed by atoms with van der Waals surface area (Å²) in [7, 11) is 2.02. The van der Waals surface area contributed by atoms with Gasteiger partial charge in [-0.15, -0.1) is 0 Å². The zero-order chi connectivity index (χ0) is 13.1. The molecule has 1 aliphatic heterocycles. The van der Waals surface area contributed by atoms with Gasteiger partial charge in [-0.2, -0.15) is 5.10 Å². The van der Waals surface area contributed by atoms with Crippen LogP contribution in [-0.2, 0) is 11.2 Å². The molecule has 0 amide bonds. The van der Waals surface area contributed by atoms with Crippen molar-refractivity contribution in [1.29, 1.82) is 0 Å². The van der Waals surface area contributed by atoms with Crippen molar-refractivity contribution in [3.8, 4) is 0 Å². The van der Waals surface area contributed by atoms with Gasteiger partial charge in [-0.1, -0.05) is 12.8 Å². The van der Waals surface area contributed by atoms with Crippen LogP contribution in [0, 0.1) is 5.41 Å². The molecule has 1 unspecified atom stereocenters. The quantitative estimate of drug-likeness (QED) is 0.885. The van der Waals surface area contributed by atoms with Crippen molar-refractivity contribution in [3.05, 3.63) is 18.0 Å². The van der Waals surface area contributed by atoms with E-state index in [4.69, 9.17) is 9.84 Å². The highest BCUT2D eigenvalue weighted by atomic mass is 16.5. The number of hydrogen-bond donors (Lipinski definition) is 1. The van der Waals surface area contributed by atoms with E-state index in [0.717, 1.165) is 32.6 Å². The predicted molar refractivity (Wildman–Crippen MR) is 75.2 cm³/mol. The third-order valence-electron chi connectivity index (χ3n) is 4.66. The molecule has 2 aliphatic rings. The summed E-state index contributed by atoms with van der Waals surface area (Å²) in [5, 5.41) is 8.13. The van der Waals surface area contributed by atoms with Crippen LogP contribution in [0.1, 0.15) is 43.8 Å². The molecule has 4 nitrogen and oxygen atoms in total. The lowest BCUT2D eigenvalue weighted by molar-refractivity contribution is 0.150. The first-order valence-electron chi connectivity index (χ1n) is 7.58. The first-order valence-corrected chi connectivity index (χ1v) is 7.58. The number of ether oxygens (including phenoxy) is 1. The van der Waals surface area contributed by atoms with Gasteiger partial charge in [0.25, 0.3) is 0 Å². The van der Waals surface area contributed by atoms with Crippen LogP contribution in [0.15, 0.2) is 12.3 Å². The summed E-state index contributed by atoms with van der Waals surface area (Å²) >= 11 is 0. The van der Waals surface area contributed by atoms with E-state index in [0.29, 0.717) is 6.04 Å². The lowest BCUT2D eigenvalue weighted by atomic mass is 9.82. The summed E-state index contributed by atoms with van der Waals surface area (Å²) in [5.74, 6) is 0. The number of hydrogen-bond acceptors (Lipinski definition) is 3. The average molecular weight is 263 g/mol. The Bertz CT molecular complexity index is 403. The first-order chi connectivity index (χ1) is 9.31. The standard InChI is InChI=1S/C15H25N3O/c1-16-11-15(7-9-19-12-15)10-13-6-8-18(17-13)14-4-2-3-5-14/h6,8,14,16H,2-5,7,9-12H2,1H3. The maximum absolute atomic E-state index is 5.62. The van der Waals surface area contributed by atoms with E-state index in [9.17, 15) is 0 Å². The third-order valence-corrected chi connectivity index (χ3v) is 4.66. The maximum atomic E-state index is 5.62. The average Bonchev–Trinajstić information content (AvgIpc) is 3.10. The first kappa shape index (κ1) is 13.1. The molecular formula is C15H25N3O. The van der Waals surface area contributed by atoms with Crippen molar-refractivity contribution in [3.63, 3.8) is 0 Å². The highest BCUT2D eigenvalue weighted by Gasteiger charge is 2.35. The van der Waals surface area contributed by atoms with Gasteiger partial charge >= 0.3 is 0 Å². The molecule has 0 bridgehead atoms. The van der Waals surface area contributed by atoms with Crippen LogP contribution in [0.5, 0.6) is 0 Å². The second kappa shape index (κ2) is 5.63. The van der Waals surface area contributed by atoms with Crippen LogP contribution in [0.2, 0.25) is 0 Å². The Labute approximate surface area is 115 Å². The van der Waals surface area contributed by atoms with E-state index in [1.54, 1.807) is 0 Å². The molecular weight excluding hydrogens is 238 g/mol. The Kier molecular flexibility index (Phi) is 3.89. The van der Waals surface area contributed by atoms with Gasteiger partial charge in [-0.05, 0) is 32.4 Å². The number of rotatable bonds is 5. The summed E-state index contributed by atoms with van der Waals surface area (Å²) in [6.45, 7) is 2.78. The Morgan fingerprint density at radius 2 is 2.32 bits per heavy atom. The zero-order valence-electron chi connectivity index (χ0n) is 11.9. The number of aromatic nitrogens is 2. The summed E-state index contributed by atoms with van der Waals surface area (Å²) < 4.78 is 7.82. The molecule has 0 aromatic carbocycles. The Hall–Kier alpha value is -0.870. The van der Waals surface area contributed by atoms with E-state index in [2.05, 4.69) is 22.3 Å². The van der Waals surface area contributed by atoms with Gasteiger partial charge in [-0.3, -0.25) is 4.68 Å². The SMILES string of the molecule is CNCC1(Cc2ccn(C3CCCC3)n2)CCOC1. The fourth-order valence-corrected chi connectivity index (χ4v) is 3.59. The van der Waals surface area contributed by atoms with Crippen LogP contribution in [-0.4, -0.2) is 36.6 Å². The minimum absolute atomic E-state index is 0.254. The van der Waals surface area contributed by atoms with Gasteiger partial charge in [0.2, 0.25) is 0 Å². The number of nitrogens with zero attached hydrogens (tertiary/aromatic N) is 2. The summed E-state index contributed by atoms with van der Waals surface area (Å²) in [6, 6.07) is 2.85. The number of nitrogens with one attached hydrogen (secondary N) is 1. The normalized spacial score (nSPS) is 28.3. The van der Waals surface area contributed by atoms with Crippen LogP contribution < -0.4 is 5.32 Å². The van der Waals surface area contributed by atoms with Gasteiger partial charge in [0.05, 0.1) is 18.3 Å². The summed E-state index contributed by atoms with van der Waals surface area (Å²) in [4.78, 5) is 0. The lowest BCUT2D eigenvalue weighted by Crippen LogP contribution is -2.35. The molecule has 2 heterocycles. The summed E-state index contributed by atoms with van der Waals surface area (Å²) in [6.07, 6.45) is 9.67. The fourth-order valence-electron chi connectivity index (χ4n) is 3.59. The molecule has 1 N–H and O–H groups in total. The molecule has 3 rings (SSSR count). The monoisotopic (exact) mass is 263 g/mol. The zero-order valence-corrected chi connectivity index (χ0v) is 11.9. The van der Waals surface area contributed by atoms with Crippen molar-refractivity contribution in [2.45, 2.75) is 44.6 Å². The van der Waals surface area contributed by atoms with Crippen molar-refractivity contribution in [1.82, 2.24) is 15.1 Å². The van der Waals surface area contributed by atoms with Crippen molar-refractivity contribution >= 4 is 0 Å². The van der Waals surface area contributed by atoms with Crippen molar-refractivity contribution in [2.75, 3.05) is 26.8 Å². The van der Waals surface area contributed by atoms with Crippen LogP contribution in [0.4, 0.5) is 0 Å². The fraction of sp³-hybridized carbons (Fsp3) is 0.800. The van der Waals surface area contributed by atoms with Crippen LogP contribution in [0.25, 0.3) is 0 Å². The molecule has 1 aromatic heterocycles. The van der Waals surface area contributed by atoms with Crippen LogP contribution in [0.3, 0.4) is 0 Å². The smallest absolute Gasteiger partial charge is 0.0631 e. The molecule has 19 heavy (non-hydrogen) atoms. The van der Waals surface area contributed by atoms with E-state index >= 15 is 0 Å². The lowest BCUT2D eigenvalue weighted by Gasteiger charge is -2.26. The molecule has 1 saturated carbocycles. The van der Waals surface area contributed by atoms with Crippen LogP contribution >= 0.6 is 0 Å². The molecule has 1 saturated heterocycles. The molecule has 106 valence electrons. The Morgan fingerprint density at radius 3 is 3.00 bits per heavy atom. The minimum Gasteiger partial charge on any atom is -0.381 e. The van der Waals surface area contributed by atoms with Gasteiger partial charge in [0.15, 0.2) is 0 Å². The molecule has 4 heteroatoms. The van der Waals surface area contributed by atoms with Gasteiger partial charge in [0.1, 0.15) is 0 Å². The highest BCUT2D eigenvalue weighted by Crippen LogP contribution is 2.33. The second-order valence-electron chi connectivity index (χ2n) is 6.24.